The first kappa shape index (κ1) is 15.0. The smallest absolute Gasteiger partial charge is 0.257 e. The molecule has 0 fully saturated rings. The Morgan fingerprint density at radius 1 is 1.19 bits per heavy atom. The maximum absolute atomic E-state index is 12.5. The van der Waals surface area contributed by atoms with E-state index in [4.69, 9.17) is 0 Å². The molecule has 0 saturated carbocycles. The highest BCUT2D eigenvalue weighted by molar-refractivity contribution is 6.08. The summed E-state index contributed by atoms with van der Waals surface area (Å²) in [5.41, 5.74) is 4.33. The van der Waals surface area contributed by atoms with Crippen LogP contribution in [0.4, 0.5) is 11.4 Å². The van der Waals surface area contributed by atoms with E-state index < -0.39 is 0 Å². The largest absolute Gasteiger partial charge is 0.384 e. The molecule has 1 amide bonds. The highest BCUT2D eigenvalue weighted by Crippen LogP contribution is 2.20. The molecule has 2 N–H and O–H groups in total. The van der Waals surface area contributed by atoms with Crippen molar-refractivity contribution in [1.29, 1.82) is 0 Å². The van der Waals surface area contributed by atoms with Crippen LogP contribution in [0.2, 0.25) is 0 Å². The van der Waals surface area contributed by atoms with Crippen molar-refractivity contribution in [3.05, 3.63) is 53.3 Å². The Balaban J connectivity index is 2.25. The minimum absolute atomic E-state index is 0.105. The second-order valence-corrected chi connectivity index (χ2v) is 5.12. The second kappa shape index (κ2) is 6.88. The molecule has 0 aliphatic rings. The number of benzene rings is 1. The van der Waals surface area contributed by atoms with Gasteiger partial charge in [-0.2, -0.15) is 0 Å². The molecule has 1 aromatic carbocycles. The van der Waals surface area contributed by atoms with Gasteiger partial charge in [-0.05, 0) is 44.0 Å². The maximum Gasteiger partial charge on any atom is 0.257 e. The molecule has 0 atom stereocenters. The molecule has 4 heteroatoms. The summed E-state index contributed by atoms with van der Waals surface area (Å²) in [5.74, 6) is -0.105. The number of hydrogen-bond donors (Lipinski definition) is 2. The number of pyridine rings is 1. The molecule has 0 aliphatic heterocycles. The summed E-state index contributed by atoms with van der Waals surface area (Å²) >= 11 is 0. The van der Waals surface area contributed by atoms with Gasteiger partial charge in [0.05, 0.1) is 5.56 Å². The van der Waals surface area contributed by atoms with Gasteiger partial charge in [0, 0.05) is 30.3 Å². The average molecular weight is 283 g/mol. The van der Waals surface area contributed by atoms with Crippen molar-refractivity contribution in [1.82, 2.24) is 4.98 Å². The van der Waals surface area contributed by atoms with Gasteiger partial charge >= 0.3 is 0 Å². The van der Waals surface area contributed by atoms with Crippen molar-refractivity contribution >= 4 is 17.3 Å². The van der Waals surface area contributed by atoms with E-state index in [1.807, 2.05) is 38.1 Å². The molecule has 2 rings (SSSR count). The molecule has 0 radical (unpaired) electrons. The standard InChI is InChI=1S/C17H21N3O/c1-4-8-19-16-6-5-12(2)10-14(16)17(21)20-15-7-9-18-11-13(15)3/h5-7,9-11,19H,4,8H2,1-3H3,(H,18,20,21). The van der Waals surface area contributed by atoms with Gasteiger partial charge in [0.25, 0.3) is 5.91 Å². The molecular formula is C17H21N3O. The first-order chi connectivity index (χ1) is 10.1. The number of nitrogens with zero attached hydrogens (tertiary/aromatic N) is 1. The number of aryl methyl sites for hydroxylation is 2. The van der Waals surface area contributed by atoms with Gasteiger partial charge in [-0.1, -0.05) is 18.6 Å². The van der Waals surface area contributed by atoms with Crippen molar-refractivity contribution in [3.8, 4) is 0 Å². The van der Waals surface area contributed by atoms with Gasteiger partial charge in [0.15, 0.2) is 0 Å². The maximum atomic E-state index is 12.5. The molecule has 0 unspecified atom stereocenters. The van der Waals surface area contributed by atoms with Gasteiger partial charge in [0.1, 0.15) is 0 Å². The lowest BCUT2D eigenvalue weighted by atomic mass is 10.1. The summed E-state index contributed by atoms with van der Waals surface area (Å²) in [6, 6.07) is 7.68. The monoisotopic (exact) mass is 283 g/mol. The average Bonchev–Trinajstić information content (AvgIpc) is 2.48. The highest BCUT2D eigenvalue weighted by atomic mass is 16.1. The van der Waals surface area contributed by atoms with Crippen LogP contribution >= 0.6 is 0 Å². The summed E-state index contributed by atoms with van der Waals surface area (Å²) < 4.78 is 0. The van der Waals surface area contributed by atoms with Crippen LogP contribution in [0.3, 0.4) is 0 Å². The number of rotatable bonds is 5. The Morgan fingerprint density at radius 3 is 2.71 bits per heavy atom. The number of carbonyl (C=O) groups is 1. The van der Waals surface area contributed by atoms with Gasteiger partial charge < -0.3 is 10.6 Å². The van der Waals surface area contributed by atoms with Gasteiger partial charge in [0.2, 0.25) is 0 Å². The Bertz CT molecular complexity index is 638. The zero-order chi connectivity index (χ0) is 15.2. The van der Waals surface area contributed by atoms with Crippen LogP contribution in [0.25, 0.3) is 0 Å². The van der Waals surface area contributed by atoms with Crippen LogP contribution in [0.5, 0.6) is 0 Å². The van der Waals surface area contributed by atoms with E-state index in [9.17, 15) is 4.79 Å². The van der Waals surface area contributed by atoms with Crippen LogP contribution in [0.15, 0.2) is 36.7 Å². The van der Waals surface area contributed by atoms with E-state index in [1.165, 1.54) is 0 Å². The van der Waals surface area contributed by atoms with Crippen molar-refractivity contribution in [3.63, 3.8) is 0 Å². The Kier molecular flexibility index (Phi) is 4.93. The number of aromatic nitrogens is 1. The predicted octanol–water partition coefficient (Wildman–Crippen LogP) is 3.77. The van der Waals surface area contributed by atoms with E-state index in [1.54, 1.807) is 12.4 Å². The first-order valence-electron chi connectivity index (χ1n) is 7.18. The molecule has 110 valence electrons. The lowest BCUT2D eigenvalue weighted by molar-refractivity contribution is 0.102. The number of carbonyl (C=O) groups excluding carboxylic acids is 1. The number of amides is 1. The molecule has 0 spiro atoms. The summed E-state index contributed by atoms with van der Waals surface area (Å²) in [7, 11) is 0. The van der Waals surface area contributed by atoms with Crippen molar-refractivity contribution in [2.45, 2.75) is 27.2 Å². The summed E-state index contributed by atoms with van der Waals surface area (Å²) in [4.78, 5) is 16.6. The quantitative estimate of drug-likeness (QED) is 0.878. The Hall–Kier alpha value is -2.36. The SMILES string of the molecule is CCCNc1ccc(C)cc1C(=O)Nc1ccncc1C. The molecule has 0 bridgehead atoms. The third kappa shape index (κ3) is 3.81. The fourth-order valence-electron chi connectivity index (χ4n) is 2.06. The third-order valence-corrected chi connectivity index (χ3v) is 3.25. The summed E-state index contributed by atoms with van der Waals surface area (Å²) in [6.07, 6.45) is 4.43. The molecule has 1 heterocycles. The van der Waals surface area contributed by atoms with Crippen LogP contribution in [0, 0.1) is 13.8 Å². The van der Waals surface area contributed by atoms with E-state index in [2.05, 4.69) is 22.5 Å². The van der Waals surface area contributed by atoms with Crippen LogP contribution in [-0.4, -0.2) is 17.4 Å². The van der Waals surface area contributed by atoms with Crippen molar-refractivity contribution < 1.29 is 4.79 Å². The Labute approximate surface area is 125 Å². The minimum Gasteiger partial charge on any atom is -0.384 e. The molecule has 1 aromatic heterocycles. The van der Waals surface area contributed by atoms with Crippen LogP contribution < -0.4 is 10.6 Å². The van der Waals surface area contributed by atoms with E-state index in [0.717, 1.165) is 35.5 Å². The Morgan fingerprint density at radius 2 is 2.00 bits per heavy atom. The topological polar surface area (TPSA) is 54.0 Å². The van der Waals surface area contributed by atoms with Crippen molar-refractivity contribution in [2.75, 3.05) is 17.2 Å². The first-order valence-corrected chi connectivity index (χ1v) is 7.18. The second-order valence-electron chi connectivity index (χ2n) is 5.12. The van der Waals surface area contributed by atoms with E-state index in [0.29, 0.717) is 5.56 Å². The van der Waals surface area contributed by atoms with Crippen LogP contribution in [-0.2, 0) is 0 Å². The molecule has 21 heavy (non-hydrogen) atoms. The van der Waals surface area contributed by atoms with Crippen LogP contribution in [0.1, 0.15) is 34.8 Å². The molecule has 4 nitrogen and oxygen atoms in total. The minimum atomic E-state index is -0.105. The number of anilines is 2. The molecule has 0 aliphatic carbocycles. The zero-order valence-electron chi connectivity index (χ0n) is 12.7. The zero-order valence-corrected chi connectivity index (χ0v) is 12.7. The van der Waals surface area contributed by atoms with Gasteiger partial charge in [-0.25, -0.2) is 0 Å². The fourth-order valence-corrected chi connectivity index (χ4v) is 2.06. The molecule has 2 aromatic rings. The molecule has 0 saturated heterocycles. The number of hydrogen-bond acceptors (Lipinski definition) is 3. The third-order valence-electron chi connectivity index (χ3n) is 3.25. The van der Waals surface area contributed by atoms with Crippen molar-refractivity contribution in [2.24, 2.45) is 0 Å². The summed E-state index contributed by atoms with van der Waals surface area (Å²) in [6.45, 7) is 6.85. The summed E-state index contributed by atoms with van der Waals surface area (Å²) in [5, 5.41) is 6.25. The normalized spacial score (nSPS) is 10.2. The molecular weight excluding hydrogens is 262 g/mol. The van der Waals surface area contributed by atoms with Gasteiger partial charge in [-0.15, -0.1) is 0 Å². The van der Waals surface area contributed by atoms with Gasteiger partial charge in [-0.3, -0.25) is 9.78 Å². The predicted molar refractivity (Wildman–Crippen MR) is 86.9 cm³/mol. The fraction of sp³-hybridized carbons (Fsp3) is 0.294. The number of nitrogens with one attached hydrogen (secondary N) is 2. The van der Waals surface area contributed by atoms with E-state index in [-0.39, 0.29) is 5.91 Å². The lowest BCUT2D eigenvalue weighted by Gasteiger charge is -2.13. The highest BCUT2D eigenvalue weighted by Gasteiger charge is 2.12. The van der Waals surface area contributed by atoms with E-state index >= 15 is 0 Å². The lowest BCUT2D eigenvalue weighted by Crippen LogP contribution is -2.16.